The summed E-state index contributed by atoms with van der Waals surface area (Å²) in [6.45, 7) is 0. The van der Waals surface area contributed by atoms with Gasteiger partial charge in [-0.3, -0.25) is 4.98 Å². The van der Waals surface area contributed by atoms with Crippen LogP contribution in [-0.4, -0.2) is 24.9 Å². The molecule has 0 saturated heterocycles. The summed E-state index contributed by atoms with van der Waals surface area (Å²) in [5.41, 5.74) is 4.90. The van der Waals surface area contributed by atoms with Gasteiger partial charge in [-0.25, -0.2) is 19.9 Å². The summed E-state index contributed by atoms with van der Waals surface area (Å²) in [5, 5.41) is 1.06. The van der Waals surface area contributed by atoms with E-state index in [-0.39, 0.29) is 0 Å². The smallest absolute Gasteiger partial charge is 0.248 e. The zero-order valence-electron chi connectivity index (χ0n) is 11.8. The molecule has 0 N–H and O–H groups in total. The molecular formula is C17H9N5O. The molecule has 6 heteroatoms. The van der Waals surface area contributed by atoms with Gasteiger partial charge in [0, 0.05) is 17.1 Å². The predicted molar refractivity (Wildman–Crippen MR) is 85.6 cm³/mol. The van der Waals surface area contributed by atoms with E-state index in [1.807, 2.05) is 30.3 Å². The van der Waals surface area contributed by atoms with Crippen molar-refractivity contribution in [2.24, 2.45) is 0 Å². The van der Waals surface area contributed by atoms with Crippen molar-refractivity contribution >= 4 is 33.2 Å². The fraction of sp³-hybridized carbons (Fsp3) is 0. The van der Waals surface area contributed by atoms with Gasteiger partial charge < -0.3 is 4.42 Å². The Hall–Kier alpha value is -3.41. The van der Waals surface area contributed by atoms with Gasteiger partial charge in [-0.15, -0.1) is 0 Å². The second-order valence-corrected chi connectivity index (χ2v) is 5.13. The molecule has 0 unspecified atom stereocenters. The van der Waals surface area contributed by atoms with Crippen LogP contribution in [0.1, 0.15) is 0 Å². The highest BCUT2D eigenvalue weighted by molar-refractivity contribution is 5.99. The molecule has 1 aromatic carbocycles. The van der Waals surface area contributed by atoms with E-state index < -0.39 is 0 Å². The van der Waals surface area contributed by atoms with Crippen LogP contribution in [0.2, 0.25) is 0 Å². The van der Waals surface area contributed by atoms with Crippen molar-refractivity contribution in [3.63, 3.8) is 0 Å². The molecule has 0 amide bonds. The lowest BCUT2D eigenvalue weighted by molar-refractivity contribution is 0.650. The van der Waals surface area contributed by atoms with Crippen LogP contribution in [0, 0.1) is 0 Å². The molecule has 4 aromatic heterocycles. The molecule has 0 spiro atoms. The number of benzene rings is 1. The normalized spacial score (nSPS) is 11.5. The maximum Gasteiger partial charge on any atom is 0.248 e. The summed E-state index contributed by atoms with van der Waals surface area (Å²) in [5.74, 6) is 0. The first-order valence-corrected chi connectivity index (χ1v) is 7.09. The third kappa shape index (κ3) is 1.78. The van der Waals surface area contributed by atoms with Gasteiger partial charge in [0.05, 0.1) is 23.6 Å². The van der Waals surface area contributed by atoms with Crippen LogP contribution in [0.4, 0.5) is 0 Å². The maximum absolute atomic E-state index is 5.62. The Labute approximate surface area is 129 Å². The van der Waals surface area contributed by atoms with E-state index in [1.54, 1.807) is 18.6 Å². The third-order valence-corrected chi connectivity index (χ3v) is 3.76. The Morgan fingerprint density at radius 1 is 0.826 bits per heavy atom. The summed E-state index contributed by atoms with van der Waals surface area (Å²) in [6, 6.07) is 9.95. The highest BCUT2D eigenvalue weighted by Gasteiger charge is 2.13. The van der Waals surface area contributed by atoms with Crippen LogP contribution >= 0.6 is 0 Å². The van der Waals surface area contributed by atoms with E-state index in [0.717, 1.165) is 22.2 Å². The molecule has 0 aliphatic carbocycles. The van der Waals surface area contributed by atoms with Gasteiger partial charge in [0.1, 0.15) is 11.8 Å². The Morgan fingerprint density at radius 3 is 2.78 bits per heavy atom. The van der Waals surface area contributed by atoms with Crippen LogP contribution in [0.5, 0.6) is 0 Å². The molecule has 0 radical (unpaired) electrons. The number of furan rings is 1. The van der Waals surface area contributed by atoms with Gasteiger partial charge >= 0.3 is 0 Å². The van der Waals surface area contributed by atoms with Crippen molar-refractivity contribution in [3.8, 4) is 11.3 Å². The van der Waals surface area contributed by atoms with E-state index in [0.29, 0.717) is 22.3 Å². The molecule has 4 heterocycles. The Balaban J connectivity index is 1.84. The molecule has 0 fully saturated rings. The summed E-state index contributed by atoms with van der Waals surface area (Å²) >= 11 is 0. The standard InChI is InChI=1S/C17H9N5O/c1-3-10-4-2-6-19-14(10)11(5-1)12-7-20-17-16(22-12)15-13(23-17)8-18-9-21-15/h1-9H. The van der Waals surface area contributed by atoms with Crippen LogP contribution in [0.25, 0.3) is 44.5 Å². The van der Waals surface area contributed by atoms with E-state index in [9.17, 15) is 0 Å². The summed E-state index contributed by atoms with van der Waals surface area (Å²) < 4.78 is 5.62. The van der Waals surface area contributed by atoms with Crippen LogP contribution in [-0.2, 0) is 0 Å². The molecule has 5 aromatic rings. The van der Waals surface area contributed by atoms with Crippen molar-refractivity contribution in [1.82, 2.24) is 24.9 Å². The topological polar surface area (TPSA) is 77.6 Å². The lowest BCUT2D eigenvalue weighted by Gasteiger charge is -2.04. The molecule has 23 heavy (non-hydrogen) atoms. The van der Waals surface area contributed by atoms with Crippen molar-refractivity contribution in [2.75, 3.05) is 0 Å². The highest BCUT2D eigenvalue weighted by atomic mass is 16.3. The van der Waals surface area contributed by atoms with Crippen LogP contribution in [0.3, 0.4) is 0 Å². The number of rotatable bonds is 1. The van der Waals surface area contributed by atoms with E-state index in [4.69, 9.17) is 9.40 Å². The van der Waals surface area contributed by atoms with Gasteiger partial charge in [0.15, 0.2) is 11.1 Å². The first kappa shape index (κ1) is 12.2. The lowest BCUT2D eigenvalue weighted by atomic mass is 10.1. The first-order chi connectivity index (χ1) is 11.4. The van der Waals surface area contributed by atoms with E-state index in [1.165, 1.54) is 6.33 Å². The summed E-state index contributed by atoms with van der Waals surface area (Å²) in [6.07, 6.45) is 6.57. The fourth-order valence-corrected chi connectivity index (χ4v) is 2.72. The predicted octanol–water partition coefficient (Wildman–Crippen LogP) is 3.38. The van der Waals surface area contributed by atoms with E-state index in [2.05, 4.69) is 19.9 Å². The summed E-state index contributed by atoms with van der Waals surface area (Å²) in [4.78, 5) is 21.7. The van der Waals surface area contributed by atoms with Gasteiger partial charge in [0.2, 0.25) is 5.71 Å². The lowest BCUT2D eigenvalue weighted by Crippen LogP contribution is -1.90. The summed E-state index contributed by atoms with van der Waals surface area (Å²) in [7, 11) is 0. The number of para-hydroxylation sites is 1. The average molecular weight is 299 g/mol. The molecule has 108 valence electrons. The first-order valence-electron chi connectivity index (χ1n) is 7.09. The van der Waals surface area contributed by atoms with Crippen molar-refractivity contribution in [3.05, 3.63) is 55.2 Å². The quantitative estimate of drug-likeness (QED) is 0.472. The molecule has 0 aliphatic heterocycles. The molecule has 0 aliphatic rings. The number of fused-ring (bicyclic) bond motifs is 4. The van der Waals surface area contributed by atoms with Crippen molar-refractivity contribution in [2.45, 2.75) is 0 Å². The molecule has 5 rings (SSSR count). The second-order valence-electron chi connectivity index (χ2n) is 5.13. The zero-order valence-corrected chi connectivity index (χ0v) is 11.8. The Bertz CT molecular complexity index is 1180. The largest absolute Gasteiger partial charge is 0.433 e. The van der Waals surface area contributed by atoms with Crippen LogP contribution in [0.15, 0.2) is 59.7 Å². The Kier molecular flexibility index (Phi) is 2.40. The number of aromatic nitrogens is 5. The molecule has 0 atom stereocenters. The number of nitrogens with zero attached hydrogens (tertiary/aromatic N) is 5. The highest BCUT2D eigenvalue weighted by Crippen LogP contribution is 2.29. The Morgan fingerprint density at radius 2 is 1.78 bits per heavy atom. The second kappa shape index (κ2) is 4.54. The fourth-order valence-electron chi connectivity index (χ4n) is 2.72. The van der Waals surface area contributed by atoms with Gasteiger partial charge in [-0.05, 0) is 6.07 Å². The maximum atomic E-state index is 5.62. The zero-order chi connectivity index (χ0) is 15.2. The molecule has 6 nitrogen and oxygen atoms in total. The third-order valence-electron chi connectivity index (χ3n) is 3.76. The monoisotopic (exact) mass is 299 g/mol. The van der Waals surface area contributed by atoms with E-state index >= 15 is 0 Å². The van der Waals surface area contributed by atoms with Gasteiger partial charge in [0.25, 0.3) is 0 Å². The minimum atomic E-state index is 0.456. The minimum absolute atomic E-state index is 0.456. The average Bonchev–Trinajstić information content (AvgIpc) is 2.99. The van der Waals surface area contributed by atoms with Crippen molar-refractivity contribution in [1.29, 1.82) is 0 Å². The number of hydrogen-bond donors (Lipinski definition) is 0. The minimum Gasteiger partial charge on any atom is -0.433 e. The SMILES string of the molecule is c1cnc2c(-c3cnc4oc5cncnc5c4n3)cccc2c1. The van der Waals surface area contributed by atoms with Crippen LogP contribution < -0.4 is 0 Å². The molecular weight excluding hydrogens is 290 g/mol. The molecule has 0 saturated carbocycles. The molecule has 0 bridgehead atoms. The number of hydrogen-bond acceptors (Lipinski definition) is 6. The van der Waals surface area contributed by atoms with Crippen molar-refractivity contribution < 1.29 is 4.42 Å². The number of pyridine rings is 1. The van der Waals surface area contributed by atoms with Gasteiger partial charge in [-0.2, -0.15) is 0 Å². The van der Waals surface area contributed by atoms with Gasteiger partial charge in [-0.1, -0.05) is 24.3 Å².